The second-order valence-corrected chi connectivity index (χ2v) is 9.55. The summed E-state index contributed by atoms with van der Waals surface area (Å²) in [6.45, 7) is 0. The number of nitrogens with two attached hydrogens (primary N) is 1. The Morgan fingerprint density at radius 3 is 2.36 bits per heavy atom. The molecule has 3 N–H and O–H groups in total. The van der Waals surface area contributed by atoms with E-state index < -0.39 is 11.1 Å². The van der Waals surface area contributed by atoms with Gasteiger partial charge in [-0.05, 0) is 54.9 Å². The van der Waals surface area contributed by atoms with Crippen LogP contribution in [0.2, 0.25) is 0 Å². The number of aliphatic hydroxyl groups is 1. The van der Waals surface area contributed by atoms with E-state index in [0.29, 0.717) is 24.5 Å². The average molecular weight is 433 g/mol. The van der Waals surface area contributed by atoms with E-state index in [1.54, 1.807) is 6.20 Å². The Balaban J connectivity index is 1.43. The molecule has 0 radical (unpaired) electrons. The summed E-state index contributed by atoms with van der Waals surface area (Å²) in [6.07, 6.45) is 5.10. The van der Waals surface area contributed by atoms with Gasteiger partial charge in [0.15, 0.2) is 0 Å². The highest BCUT2D eigenvalue weighted by Gasteiger charge is 2.58. The van der Waals surface area contributed by atoms with E-state index >= 15 is 0 Å². The summed E-state index contributed by atoms with van der Waals surface area (Å²) in [4.78, 5) is 9.16. The summed E-state index contributed by atoms with van der Waals surface area (Å²) >= 11 is 0. The second kappa shape index (κ2) is 7.21. The van der Waals surface area contributed by atoms with Crippen LogP contribution < -0.4 is 5.73 Å². The van der Waals surface area contributed by atoms with Crippen LogP contribution in [0.15, 0.2) is 72.9 Å². The van der Waals surface area contributed by atoms with Gasteiger partial charge in [-0.25, -0.2) is 9.97 Å². The standard InChI is InChI=1S/C28H24N4O/c29-15-25-23-14-22(18-4-2-1-3-5-18)26(32-24(23)12-13-31-25)19-6-8-20(9-7-19)27(30)16-28(33,17-27)21-10-11-21/h1-9,12-14,21,33H,10-11,16-17,30H2. The number of fused-ring (bicyclic) bond motifs is 1. The van der Waals surface area contributed by atoms with E-state index in [0.717, 1.165) is 51.7 Å². The number of nitriles is 1. The number of pyridine rings is 2. The van der Waals surface area contributed by atoms with Crippen molar-refractivity contribution in [1.82, 2.24) is 9.97 Å². The predicted molar refractivity (Wildman–Crippen MR) is 128 cm³/mol. The van der Waals surface area contributed by atoms with Gasteiger partial charge in [-0.15, -0.1) is 0 Å². The van der Waals surface area contributed by atoms with Gasteiger partial charge >= 0.3 is 0 Å². The first-order valence-electron chi connectivity index (χ1n) is 11.4. The summed E-state index contributed by atoms with van der Waals surface area (Å²) in [7, 11) is 0. The third-order valence-corrected chi connectivity index (χ3v) is 7.25. The smallest absolute Gasteiger partial charge is 0.149 e. The number of hydrogen-bond donors (Lipinski definition) is 2. The predicted octanol–water partition coefficient (Wildman–Crippen LogP) is 4.92. The summed E-state index contributed by atoms with van der Waals surface area (Å²) in [5.41, 5.74) is 11.6. The molecule has 2 aromatic carbocycles. The fourth-order valence-electron chi connectivity index (χ4n) is 5.36. The van der Waals surface area contributed by atoms with Crippen LogP contribution in [0.5, 0.6) is 0 Å². The molecule has 0 unspecified atom stereocenters. The van der Waals surface area contributed by atoms with Crippen LogP contribution in [0.3, 0.4) is 0 Å². The van der Waals surface area contributed by atoms with Crippen LogP contribution in [0.1, 0.15) is 36.9 Å². The molecule has 5 heteroatoms. The largest absolute Gasteiger partial charge is 0.389 e. The number of aromatic nitrogens is 2. The maximum atomic E-state index is 10.8. The average Bonchev–Trinajstić information content (AvgIpc) is 3.69. The van der Waals surface area contributed by atoms with E-state index in [2.05, 4.69) is 35.3 Å². The Bertz CT molecular complexity index is 1400. The third-order valence-electron chi connectivity index (χ3n) is 7.25. The highest BCUT2D eigenvalue weighted by atomic mass is 16.3. The summed E-state index contributed by atoms with van der Waals surface area (Å²) < 4.78 is 0. The molecule has 0 saturated heterocycles. The molecule has 4 aromatic rings. The maximum absolute atomic E-state index is 10.8. The first-order valence-corrected chi connectivity index (χ1v) is 11.4. The molecule has 2 heterocycles. The van der Waals surface area contributed by atoms with E-state index in [1.807, 2.05) is 42.5 Å². The van der Waals surface area contributed by atoms with Crippen molar-refractivity contribution in [1.29, 1.82) is 5.26 Å². The summed E-state index contributed by atoms with van der Waals surface area (Å²) in [5, 5.41) is 21.0. The second-order valence-electron chi connectivity index (χ2n) is 9.55. The van der Waals surface area contributed by atoms with Crippen molar-refractivity contribution in [3.8, 4) is 28.5 Å². The SMILES string of the molecule is N#Cc1nccc2nc(-c3ccc(C4(N)CC(O)(C5CC5)C4)cc3)c(-c3ccccc3)cc12. The Hall–Kier alpha value is -3.59. The lowest BCUT2D eigenvalue weighted by Gasteiger charge is -2.52. The molecule has 2 fully saturated rings. The number of benzene rings is 2. The zero-order valence-corrected chi connectivity index (χ0v) is 18.2. The first kappa shape index (κ1) is 20.0. The zero-order valence-electron chi connectivity index (χ0n) is 18.2. The molecule has 0 amide bonds. The van der Waals surface area contributed by atoms with Crippen LogP contribution in [0.4, 0.5) is 0 Å². The molecule has 6 rings (SSSR count). The van der Waals surface area contributed by atoms with Crippen LogP contribution in [-0.2, 0) is 5.54 Å². The van der Waals surface area contributed by atoms with Crippen LogP contribution >= 0.6 is 0 Å². The maximum Gasteiger partial charge on any atom is 0.149 e. The lowest BCUT2D eigenvalue weighted by Crippen LogP contribution is -2.60. The van der Waals surface area contributed by atoms with Gasteiger partial charge in [-0.3, -0.25) is 0 Å². The van der Waals surface area contributed by atoms with E-state index in [4.69, 9.17) is 10.7 Å². The fraction of sp³-hybridized carbons (Fsp3) is 0.250. The van der Waals surface area contributed by atoms with Crippen LogP contribution in [-0.4, -0.2) is 20.7 Å². The van der Waals surface area contributed by atoms with Crippen molar-refractivity contribution in [2.75, 3.05) is 0 Å². The van der Waals surface area contributed by atoms with Crippen molar-refractivity contribution in [2.45, 2.75) is 36.8 Å². The molecule has 5 nitrogen and oxygen atoms in total. The lowest BCUT2D eigenvalue weighted by molar-refractivity contribution is -0.106. The molecule has 2 saturated carbocycles. The Kier molecular flexibility index (Phi) is 4.38. The quantitative estimate of drug-likeness (QED) is 0.477. The topological polar surface area (TPSA) is 95.8 Å². The van der Waals surface area contributed by atoms with Gasteiger partial charge in [0.2, 0.25) is 0 Å². The first-order chi connectivity index (χ1) is 16.0. The summed E-state index contributed by atoms with van der Waals surface area (Å²) in [5.74, 6) is 0.427. The molecule has 0 spiro atoms. The van der Waals surface area contributed by atoms with E-state index in [-0.39, 0.29) is 0 Å². The van der Waals surface area contributed by atoms with Crippen molar-refractivity contribution >= 4 is 10.9 Å². The molecular formula is C28H24N4O. The minimum absolute atomic E-state index is 0.372. The van der Waals surface area contributed by atoms with Crippen LogP contribution in [0.25, 0.3) is 33.3 Å². The third kappa shape index (κ3) is 3.31. The summed E-state index contributed by atoms with van der Waals surface area (Å²) in [6, 6.07) is 24.4. The molecule has 33 heavy (non-hydrogen) atoms. The van der Waals surface area contributed by atoms with E-state index in [1.165, 1.54) is 0 Å². The molecular weight excluding hydrogens is 408 g/mol. The van der Waals surface area contributed by atoms with Crippen molar-refractivity contribution in [3.63, 3.8) is 0 Å². The van der Waals surface area contributed by atoms with Gasteiger partial charge in [-0.1, -0.05) is 54.6 Å². The van der Waals surface area contributed by atoms with Crippen LogP contribution in [0, 0.1) is 17.2 Å². The molecule has 2 aliphatic rings. The minimum Gasteiger partial charge on any atom is -0.389 e. The molecule has 162 valence electrons. The zero-order chi connectivity index (χ0) is 22.6. The van der Waals surface area contributed by atoms with E-state index in [9.17, 15) is 10.4 Å². The van der Waals surface area contributed by atoms with Gasteiger partial charge in [-0.2, -0.15) is 5.26 Å². The Labute approximate surface area is 192 Å². The normalized spacial score (nSPS) is 24.3. The number of hydrogen-bond acceptors (Lipinski definition) is 5. The molecule has 0 atom stereocenters. The number of rotatable bonds is 4. The van der Waals surface area contributed by atoms with Crippen molar-refractivity contribution in [2.24, 2.45) is 11.7 Å². The highest BCUT2D eigenvalue weighted by Crippen LogP contribution is 2.57. The monoisotopic (exact) mass is 432 g/mol. The molecule has 0 bridgehead atoms. The molecule has 2 aliphatic carbocycles. The number of nitrogens with zero attached hydrogens (tertiary/aromatic N) is 3. The van der Waals surface area contributed by atoms with Gasteiger partial charge in [0.05, 0.1) is 16.8 Å². The molecule has 0 aliphatic heterocycles. The van der Waals surface area contributed by atoms with Gasteiger partial charge in [0, 0.05) is 28.2 Å². The van der Waals surface area contributed by atoms with Crippen molar-refractivity contribution in [3.05, 3.63) is 84.2 Å². The van der Waals surface area contributed by atoms with Gasteiger partial charge in [0.25, 0.3) is 0 Å². The molecule has 2 aromatic heterocycles. The Morgan fingerprint density at radius 1 is 0.970 bits per heavy atom. The highest BCUT2D eigenvalue weighted by molar-refractivity contribution is 5.93. The lowest BCUT2D eigenvalue weighted by atomic mass is 9.60. The minimum atomic E-state index is -0.583. The fourth-order valence-corrected chi connectivity index (χ4v) is 5.36. The van der Waals surface area contributed by atoms with Gasteiger partial charge < -0.3 is 10.8 Å². The van der Waals surface area contributed by atoms with Gasteiger partial charge in [0.1, 0.15) is 11.8 Å². The van der Waals surface area contributed by atoms with Crippen molar-refractivity contribution < 1.29 is 5.11 Å². The Morgan fingerprint density at radius 2 is 1.70 bits per heavy atom.